The molecule has 2 saturated heterocycles. The van der Waals surface area contributed by atoms with Gasteiger partial charge in [0.05, 0.1) is 18.8 Å². The van der Waals surface area contributed by atoms with Crippen LogP contribution in [0.2, 0.25) is 0 Å². The molecule has 2 heterocycles. The molecular formula is C14H25N3O2. The Morgan fingerprint density at radius 2 is 2.26 bits per heavy atom. The first-order chi connectivity index (χ1) is 9.22. The van der Waals surface area contributed by atoms with Gasteiger partial charge < -0.3 is 15.4 Å². The van der Waals surface area contributed by atoms with E-state index in [2.05, 4.69) is 15.5 Å². The average molecular weight is 267 g/mol. The monoisotopic (exact) mass is 267 g/mol. The van der Waals surface area contributed by atoms with Crippen LogP contribution in [0.4, 0.5) is 0 Å². The van der Waals surface area contributed by atoms with E-state index in [4.69, 9.17) is 4.74 Å². The maximum absolute atomic E-state index is 11.8. The molecule has 0 aromatic carbocycles. The minimum atomic E-state index is -0.125. The lowest BCUT2D eigenvalue weighted by Gasteiger charge is -2.35. The summed E-state index contributed by atoms with van der Waals surface area (Å²) in [6.45, 7) is 5.77. The second-order valence-corrected chi connectivity index (χ2v) is 6.16. The largest absolute Gasteiger partial charge is 0.374 e. The van der Waals surface area contributed by atoms with E-state index >= 15 is 0 Å². The SMILES string of the molecule is CC(NCC1CN2CCCC2CO1)C(=O)NC1CC1. The smallest absolute Gasteiger partial charge is 0.237 e. The molecule has 5 nitrogen and oxygen atoms in total. The van der Waals surface area contributed by atoms with Crippen LogP contribution in [-0.4, -0.2) is 61.3 Å². The Balaban J connectivity index is 1.38. The fraction of sp³-hybridized carbons (Fsp3) is 0.929. The van der Waals surface area contributed by atoms with Gasteiger partial charge in [0, 0.05) is 25.2 Å². The highest BCUT2D eigenvalue weighted by Gasteiger charge is 2.32. The summed E-state index contributed by atoms with van der Waals surface area (Å²) in [4.78, 5) is 14.4. The summed E-state index contributed by atoms with van der Waals surface area (Å²) in [7, 11) is 0. The lowest BCUT2D eigenvalue weighted by Crippen LogP contribution is -2.52. The number of carbonyl (C=O) groups is 1. The van der Waals surface area contributed by atoms with Crippen LogP contribution >= 0.6 is 0 Å². The first-order valence-corrected chi connectivity index (χ1v) is 7.62. The minimum Gasteiger partial charge on any atom is -0.374 e. The fourth-order valence-electron chi connectivity index (χ4n) is 2.96. The Labute approximate surface area is 115 Å². The summed E-state index contributed by atoms with van der Waals surface area (Å²) in [5.74, 6) is 0.123. The van der Waals surface area contributed by atoms with Crippen LogP contribution in [0.3, 0.4) is 0 Å². The lowest BCUT2D eigenvalue weighted by molar-refractivity contribution is -0.123. The molecule has 1 amide bonds. The zero-order chi connectivity index (χ0) is 13.2. The number of fused-ring (bicyclic) bond motifs is 1. The van der Waals surface area contributed by atoms with E-state index in [1.54, 1.807) is 0 Å². The van der Waals surface area contributed by atoms with Gasteiger partial charge >= 0.3 is 0 Å². The van der Waals surface area contributed by atoms with Crippen LogP contribution in [0.15, 0.2) is 0 Å². The number of hydrogen-bond donors (Lipinski definition) is 2. The molecule has 3 aliphatic rings. The van der Waals surface area contributed by atoms with Crippen molar-refractivity contribution in [3.05, 3.63) is 0 Å². The van der Waals surface area contributed by atoms with Gasteiger partial charge in [-0.3, -0.25) is 9.69 Å². The highest BCUT2D eigenvalue weighted by Crippen LogP contribution is 2.22. The van der Waals surface area contributed by atoms with Crippen LogP contribution in [0.25, 0.3) is 0 Å². The van der Waals surface area contributed by atoms with Crippen LogP contribution in [0.1, 0.15) is 32.6 Å². The quantitative estimate of drug-likeness (QED) is 0.742. The number of nitrogens with one attached hydrogen (secondary N) is 2. The Bertz CT molecular complexity index is 333. The Kier molecular flexibility index (Phi) is 4.05. The van der Waals surface area contributed by atoms with E-state index in [-0.39, 0.29) is 18.1 Å². The molecule has 3 rings (SSSR count). The molecule has 1 aliphatic carbocycles. The summed E-state index contributed by atoms with van der Waals surface area (Å²) in [6.07, 6.45) is 5.08. The van der Waals surface area contributed by atoms with Crippen molar-refractivity contribution in [2.75, 3.05) is 26.2 Å². The maximum atomic E-state index is 11.8. The second-order valence-electron chi connectivity index (χ2n) is 6.16. The Morgan fingerprint density at radius 3 is 3.05 bits per heavy atom. The molecule has 0 aromatic rings. The number of carbonyl (C=O) groups excluding carboxylic acids is 1. The number of morpholine rings is 1. The molecule has 19 heavy (non-hydrogen) atoms. The highest BCUT2D eigenvalue weighted by molar-refractivity contribution is 5.81. The molecule has 2 aliphatic heterocycles. The van der Waals surface area contributed by atoms with Crippen molar-refractivity contribution in [3.8, 4) is 0 Å². The van der Waals surface area contributed by atoms with E-state index in [0.717, 1.165) is 32.5 Å². The Hall–Kier alpha value is -0.650. The Morgan fingerprint density at radius 1 is 1.42 bits per heavy atom. The van der Waals surface area contributed by atoms with E-state index in [0.29, 0.717) is 12.1 Å². The third kappa shape index (κ3) is 3.46. The van der Waals surface area contributed by atoms with Gasteiger partial charge in [-0.25, -0.2) is 0 Å². The molecule has 108 valence electrons. The molecule has 1 saturated carbocycles. The van der Waals surface area contributed by atoms with Crippen LogP contribution in [0.5, 0.6) is 0 Å². The van der Waals surface area contributed by atoms with Crippen molar-refractivity contribution >= 4 is 5.91 Å². The van der Waals surface area contributed by atoms with Gasteiger partial charge in [0.1, 0.15) is 0 Å². The third-order valence-corrected chi connectivity index (χ3v) is 4.43. The van der Waals surface area contributed by atoms with Crippen LogP contribution < -0.4 is 10.6 Å². The van der Waals surface area contributed by atoms with Crippen molar-refractivity contribution < 1.29 is 9.53 Å². The maximum Gasteiger partial charge on any atom is 0.237 e. The lowest BCUT2D eigenvalue weighted by atomic mass is 10.2. The van der Waals surface area contributed by atoms with Gasteiger partial charge in [0.15, 0.2) is 0 Å². The molecule has 0 spiro atoms. The minimum absolute atomic E-state index is 0.123. The predicted octanol–water partition coefficient (Wildman–Crippen LogP) is 0.106. The number of rotatable bonds is 5. The van der Waals surface area contributed by atoms with Crippen molar-refractivity contribution in [3.63, 3.8) is 0 Å². The van der Waals surface area contributed by atoms with Crippen molar-refractivity contribution in [1.82, 2.24) is 15.5 Å². The van der Waals surface area contributed by atoms with E-state index < -0.39 is 0 Å². The van der Waals surface area contributed by atoms with E-state index in [1.807, 2.05) is 6.92 Å². The van der Waals surface area contributed by atoms with Gasteiger partial charge in [0.2, 0.25) is 5.91 Å². The second kappa shape index (κ2) is 5.77. The summed E-state index contributed by atoms with van der Waals surface area (Å²) >= 11 is 0. The topological polar surface area (TPSA) is 53.6 Å². The summed E-state index contributed by atoms with van der Waals surface area (Å²) in [6, 6.07) is 0.959. The summed E-state index contributed by atoms with van der Waals surface area (Å²) in [5.41, 5.74) is 0. The predicted molar refractivity (Wildman–Crippen MR) is 73.0 cm³/mol. The first kappa shape index (κ1) is 13.3. The number of ether oxygens (including phenoxy) is 1. The van der Waals surface area contributed by atoms with E-state index in [9.17, 15) is 4.79 Å². The molecule has 0 bridgehead atoms. The normalized spacial score (nSPS) is 32.9. The number of nitrogens with zero attached hydrogens (tertiary/aromatic N) is 1. The molecule has 2 N–H and O–H groups in total. The third-order valence-electron chi connectivity index (χ3n) is 4.43. The first-order valence-electron chi connectivity index (χ1n) is 7.62. The fourth-order valence-corrected chi connectivity index (χ4v) is 2.96. The zero-order valence-corrected chi connectivity index (χ0v) is 11.7. The van der Waals surface area contributed by atoms with Crippen LogP contribution in [-0.2, 0) is 9.53 Å². The summed E-state index contributed by atoms with van der Waals surface area (Å²) < 4.78 is 5.88. The van der Waals surface area contributed by atoms with E-state index in [1.165, 1.54) is 19.4 Å². The zero-order valence-electron chi connectivity index (χ0n) is 11.7. The van der Waals surface area contributed by atoms with Gasteiger partial charge in [-0.1, -0.05) is 0 Å². The van der Waals surface area contributed by atoms with Crippen LogP contribution in [0, 0.1) is 0 Å². The van der Waals surface area contributed by atoms with Gasteiger partial charge in [-0.15, -0.1) is 0 Å². The molecule has 0 aromatic heterocycles. The van der Waals surface area contributed by atoms with Crippen molar-refractivity contribution in [2.45, 2.75) is 56.8 Å². The standard InChI is InChI=1S/C14H25N3O2/c1-10(14(18)16-11-4-5-11)15-7-13-8-17-6-2-3-12(17)9-19-13/h10-13,15H,2-9H2,1H3,(H,16,18). The molecule has 5 heteroatoms. The molecule has 3 unspecified atom stereocenters. The molecular weight excluding hydrogens is 242 g/mol. The molecule has 3 fully saturated rings. The number of amides is 1. The molecule has 3 atom stereocenters. The average Bonchev–Trinajstić information content (AvgIpc) is 3.10. The highest BCUT2D eigenvalue weighted by atomic mass is 16.5. The molecule has 0 radical (unpaired) electrons. The van der Waals surface area contributed by atoms with Gasteiger partial charge in [-0.2, -0.15) is 0 Å². The summed E-state index contributed by atoms with van der Waals surface area (Å²) in [5, 5.41) is 6.33. The van der Waals surface area contributed by atoms with Crippen molar-refractivity contribution in [2.24, 2.45) is 0 Å². The van der Waals surface area contributed by atoms with Gasteiger partial charge in [0.25, 0.3) is 0 Å². The van der Waals surface area contributed by atoms with Gasteiger partial charge in [-0.05, 0) is 39.2 Å². The van der Waals surface area contributed by atoms with Crippen molar-refractivity contribution in [1.29, 1.82) is 0 Å². The number of hydrogen-bond acceptors (Lipinski definition) is 4.